The number of hydrogen-bond donors (Lipinski definition) is 1. The van der Waals surface area contributed by atoms with E-state index in [2.05, 4.69) is 9.97 Å². The SMILES string of the molecule is Nc1nccc(Oc2ccc(C(F)(F)F)cc2)n1. The summed E-state index contributed by atoms with van der Waals surface area (Å²) in [7, 11) is 0. The molecule has 94 valence electrons. The van der Waals surface area contributed by atoms with Crippen molar-refractivity contribution >= 4 is 5.95 Å². The molecule has 0 saturated carbocycles. The van der Waals surface area contributed by atoms with Crippen LogP contribution in [0.4, 0.5) is 19.1 Å². The van der Waals surface area contributed by atoms with E-state index in [4.69, 9.17) is 10.5 Å². The van der Waals surface area contributed by atoms with Crippen LogP contribution in [-0.4, -0.2) is 9.97 Å². The molecule has 2 N–H and O–H groups in total. The highest BCUT2D eigenvalue weighted by molar-refractivity contribution is 5.32. The minimum atomic E-state index is -4.36. The lowest BCUT2D eigenvalue weighted by atomic mass is 10.2. The van der Waals surface area contributed by atoms with Gasteiger partial charge in [-0.3, -0.25) is 0 Å². The summed E-state index contributed by atoms with van der Waals surface area (Å²) in [5.41, 5.74) is 4.60. The number of ether oxygens (including phenoxy) is 1. The first-order valence-electron chi connectivity index (χ1n) is 4.89. The van der Waals surface area contributed by atoms with Gasteiger partial charge in [-0.05, 0) is 24.3 Å². The Morgan fingerprint density at radius 2 is 1.72 bits per heavy atom. The molecule has 0 saturated heterocycles. The van der Waals surface area contributed by atoms with Crippen molar-refractivity contribution in [3.05, 3.63) is 42.1 Å². The smallest absolute Gasteiger partial charge is 0.416 e. The van der Waals surface area contributed by atoms with E-state index in [9.17, 15) is 13.2 Å². The molecule has 0 bridgehead atoms. The van der Waals surface area contributed by atoms with E-state index >= 15 is 0 Å². The molecule has 0 spiro atoms. The van der Waals surface area contributed by atoms with E-state index in [1.165, 1.54) is 24.4 Å². The van der Waals surface area contributed by atoms with E-state index in [0.717, 1.165) is 12.1 Å². The van der Waals surface area contributed by atoms with Gasteiger partial charge < -0.3 is 10.5 Å². The summed E-state index contributed by atoms with van der Waals surface area (Å²) in [4.78, 5) is 7.43. The molecule has 2 aromatic rings. The lowest BCUT2D eigenvalue weighted by molar-refractivity contribution is -0.137. The number of nitrogens with two attached hydrogens (primary N) is 1. The lowest BCUT2D eigenvalue weighted by Gasteiger charge is -2.08. The molecule has 0 unspecified atom stereocenters. The van der Waals surface area contributed by atoms with Crippen LogP contribution in [0.15, 0.2) is 36.5 Å². The maximum Gasteiger partial charge on any atom is 0.416 e. The number of rotatable bonds is 2. The number of nitrogen functional groups attached to an aromatic ring is 1. The molecular weight excluding hydrogens is 247 g/mol. The number of anilines is 1. The predicted molar refractivity (Wildman–Crippen MR) is 58.0 cm³/mol. The summed E-state index contributed by atoms with van der Waals surface area (Å²) < 4.78 is 42.2. The summed E-state index contributed by atoms with van der Waals surface area (Å²) in [6.07, 6.45) is -2.97. The van der Waals surface area contributed by atoms with E-state index in [1.807, 2.05) is 0 Å². The van der Waals surface area contributed by atoms with E-state index in [0.29, 0.717) is 0 Å². The van der Waals surface area contributed by atoms with Crippen LogP contribution in [0.3, 0.4) is 0 Å². The van der Waals surface area contributed by atoms with Gasteiger partial charge in [0.1, 0.15) is 5.75 Å². The van der Waals surface area contributed by atoms with E-state index in [1.54, 1.807) is 0 Å². The fourth-order valence-corrected chi connectivity index (χ4v) is 1.25. The summed E-state index contributed by atoms with van der Waals surface area (Å²) in [5.74, 6) is 0.433. The predicted octanol–water partition coefficient (Wildman–Crippen LogP) is 2.87. The molecule has 1 aromatic carbocycles. The first kappa shape index (κ1) is 12.2. The second kappa shape index (κ2) is 4.52. The molecule has 7 heteroatoms. The van der Waals surface area contributed by atoms with Crippen molar-refractivity contribution in [3.63, 3.8) is 0 Å². The average Bonchev–Trinajstić information content (AvgIpc) is 2.28. The standard InChI is InChI=1S/C11H8F3N3O/c12-11(13,14)7-1-3-8(4-2-7)18-9-5-6-16-10(15)17-9/h1-6H,(H2,15,16,17). The zero-order valence-corrected chi connectivity index (χ0v) is 8.98. The van der Waals surface area contributed by atoms with Gasteiger partial charge in [-0.1, -0.05) is 0 Å². The number of hydrogen-bond acceptors (Lipinski definition) is 4. The van der Waals surface area contributed by atoms with Crippen LogP contribution in [0.25, 0.3) is 0 Å². The minimum absolute atomic E-state index is 0.0272. The van der Waals surface area contributed by atoms with Gasteiger partial charge in [0.25, 0.3) is 0 Å². The van der Waals surface area contributed by atoms with Gasteiger partial charge in [-0.15, -0.1) is 0 Å². The molecule has 0 aliphatic carbocycles. The van der Waals surface area contributed by atoms with Crippen molar-refractivity contribution in [3.8, 4) is 11.6 Å². The Kier molecular flexibility index (Phi) is 3.05. The number of nitrogens with zero attached hydrogens (tertiary/aromatic N) is 2. The molecule has 0 aliphatic heterocycles. The fraction of sp³-hybridized carbons (Fsp3) is 0.0909. The highest BCUT2D eigenvalue weighted by Crippen LogP contribution is 2.31. The van der Waals surface area contributed by atoms with E-state index < -0.39 is 11.7 Å². The summed E-state index contributed by atoms with van der Waals surface area (Å²) in [6.45, 7) is 0. The van der Waals surface area contributed by atoms with Crippen molar-refractivity contribution in [2.24, 2.45) is 0 Å². The molecule has 4 nitrogen and oxygen atoms in total. The Morgan fingerprint density at radius 1 is 1.06 bits per heavy atom. The maximum atomic E-state index is 12.3. The van der Waals surface area contributed by atoms with Crippen LogP contribution in [0.2, 0.25) is 0 Å². The number of alkyl halides is 3. The first-order valence-corrected chi connectivity index (χ1v) is 4.89. The third-order valence-corrected chi connectivity index (χ3v) is 2.05. The van der Waals surface area contributed by atoms with Gasteiger partial charge in [-0.25, -0.2) is 4.98 Å². The van der Waals surface area contributed by atoms with Crippen molar-refractivity contribution in [2.45, 2.75) is 6.18 Å². The molecule has 0 aliphatic rings. The van der Waals surface area contributed by atoms with Crippen molar-refractivity contribution in [2.75, 3.05) is 5.73 Å². The van der Waals surface area contributed by atoms with Gasteiger partial charge in [0.15, 0.2) is 0 Å². The minimum Gasteiger partial charge on any atom is -0.439 e. The largest absolute Gasteiger partial charge is 0.439 e. The van der Waals surface area contributed by atoms with Gasteiger partial charge in [0, 0.05) is 12.3 Å². The fourth-order valence-electron chi connectivity index (χ4n) is 1.25. The maximum absolute atomic E-state index is 12.3. The molecule has 0 atom stereocenters. The zero-order chi connectivity index (χ0) is 13.2. The van der Waals surface area contributed by atoms with Gasteiger partial charge in [0.2, 0.25) is 11.8 Å². The number of halogens is 3. The van der Waals surface area contributed by atoms with Crippen molar-refractivity contribution < 1.29 is 17.9 Å². The molecule has 1 heterocycles. The normalized spacial score (nSPS) is 11.3. The summed E-state index contributed by atoms with van der Waals surface area (Å²) in [6, 6.07) is 5.73. The van der Waals surface area contributed by atoms with Gasteiger partial charge >= 0.3 is 6.18 Å². The quantitative estimate of drug-likeness (QED) is 0.896. The summed E-state index contributed by atoms with van der Waals surface area (Å²) >= 11 is 0. The Morgan fingerprint density at radius 3 is 2.28 bits per heavy atom. The third kappa shape index (κ3) is 2.88. The highest BCUT2D eigenvalue weighted by Gasteiger charge is 2.30. The van der Waals surface area contributed by atoms with Crippen molar-refractivity contribution in [1.82, 2.24) is 9.97 Å². The number of aromatic nitrogens is 2. The first-order chi connectivity index (χ1) is 8.45. The van der Waals surface area contributed by atoms with E-state index in [-0.39, 0.29) is 17.6 Å². The third-order valence-electron chi connectivity index (χ3n) is 2.05. The van der Waals surface area contributed by atoms with Crippen LogP contribution in [-0.2, 0) is 6.18 Å². The van der Waals surface area contributed by atoms with Crippen LogP contribution in [0.1, 0.15) is 5.56 Å². The topological polar surface area (TPSA) is 61.0 Å². The average molecular weight is 255 g/mol. The highest BCUT2D eigenvalue weighted by atomic mass is 19.4. The molecule has 0 fully saturated rings. The molecule has 18 heavy (non-hydrogen) atoms. The molecule has 2 rings (SSSR count). The molecule has 0 radical (unpaired) electrons. The molecular formula is C11H8F3N3O. The Bertz CT molecular complexity index is 540. The monoisotopic (exact) mass is 255 g/mol. The number of benzene rings is 1. The summed E-state index contributed by atoms with van der Waals surface area (Å²) in [5, 5.41) is 0. The van der Waals surface area contributed by atoms with Gasteiger partial charge in [0.05, 0.1) is 5.56 Å². The Balaban J connectivity index is 2.16. The van der Waals surface area contributed by atoms with Crippen molar-refractivity contribution in [1.29, 1.82) is 0 Å². The Hall–Kier alpha value is -2.31. The van der Waals surface area contributed by atoms with Gasteiger partial charge in [-0.2, -0.15) is 18.2 Å². The molecule has 1 aromatic heterocycles. The molecule has 0 amide bonds. The van der Waals surface area contributed by atoms with Crippen LogP contribution >= 0.6 is 0 Å². The van der Waals surface area contributed by atoms with Crippen LogP contribution in [0.5, 0.6) is 11.6 Å². The lowest BCUT2D eigenvalue weighted by Crippen LogP contribution is -2.04. The second-order valence-corrected chi connectivity index (χ2v) is 3.38. The second-order valence-electron chi connectivity index (χ2n) is 3.38. The Labute approximate surface area is 100 Å². The van der Waals surface area contributed by atoms with Crippen LogP contribution < -0.4 is 10.5 Å². The van der Waals surface area contributed by atoms with Crippen LogP contribution in [0, 0.1) is 0 Å². The zero-order valence-electron chi connectivity index (χ0n) is 8.98.